The van der Waals surface area contributed by atoms with Gasteiger partial charge in [-0.05, 0) is 31.2 Å². The number of rotatable bonds is 11. The van der Waals surface area contributed by atoms with Gasteiger partial charge in [-0.25, -0.2) is 0 Å². The molecule has 2 rings (SSSR count). The smallest absolute Gasteiger partial charge is 0.193 e. The van der Waals surface area contributed by atoms with E-state index < -0.39 is 0 Å². The van der Waals surface area contributed by atoms with Gasteiger partial charge in [0, 0.05) is 11.1 Å². The highest BCUT2D eigenvalue weighted by atomic mass is 16.1. The minimum absolute atomic E-state index is 0.0988. The zero-order chi connectivity index (χ0) is 17.0. The van der Waals surface area contributed by atoms with Crippen molar-refractivity contribution in [3.63, 3.8) is 0 Å². The maximum absolute atomic E-state index is 12.4. The Morgan fingerprint density at radius 1 is 0.750 bits per heavy atom. The number of carbonyl (C=O) groups excluding carboxylic acids is 1. The van der Waals surface area contributed by atoms with Crippen LogP contribution in [0.15, 0.2) is 67.3 Å². The van der Waals surface area contributed by atoms with Crippen molar-refractivity contribution in [2.24, 2.45) is 0 Å². The second-order valence-corrected chi connectivity index (χ2v) is 6.34. The minimum atomic E-state index is 0.0988. The molecule has 0 aliphatic carbocycles. The molecule has 0 aliphatic heterocycles. The third kappa shape index (κ3) is 6.16. The zero-order valence-corrected chi connectivity index (χ0v) is 14.5. The van der Waals surface area contributed by atoms with Gasteiger partial charge >= 0.3 is 0 Å². The molecule has 0 N–H and O–H groups in total. The zero-order valence-electron chi connectivity index (χ0n) is 14.5. The first-order chi connectivity index (χ1) is 11.8. The lowest BCUT2D eigenvalue weighted by Gasteiger charge is -2.05. The van der Waals surface area contributed by atoms with Crippen molar-refractivity contribution in [1.82, 2.24) is 0 Å². The number of aryl methyl sites for hydroxylation is 1. The Labute approximate surface area is 146 Å². The van der Waals surface area contributed by atoms with E-state index in [9.17, 15) is 4.79 Å². The monoisotopic (exact) mass is 320 g/mol. The largest absolute Gasteiger partial charge is 0.289 e. The summed E-state index contributed by atoms with van der Waals surface area (Å²) in [5.41, 5.74) is 2.85. The number of benzene rings is 2. The van der Waals surface area contributed by atoms with E-state index in [0.29, 0.717) is 0 Å². The highest BCUT2D eigenvalue weighted by molar-refractivity contribution is 6.08. The molecule has 1 heteroatoms. The molecule has 2 aromatic rings. The summed E-state index contributed by atoms with van der Waals surface area (Å²) in [5, 5.41) is 0. The summed E-state index contributed by atoms with van der Waals surface area (Å²) in [6.45, 7) is 3.75. The number of hydrogen-bond donors (Lipinski definition) is 0. The summed E-state index contributed by atoms with van der Waals surface area (Å²) >= 11 is 0. The first-order valence-electron chi connectivity index (χ1n) is 9.11. The van der Waals surface area contributed by atoms with Gasteiger partial charge in [0.15, 0.2) is 5.78 Å². The van der Waals surface area contributed by atoms with Crippen LogP contribution in [0.2, 0.25) is 0 Å². The van der Waals surface area contributed by atoms with Crippen molar-refractivity contribution >= 4 is 5.78 Å². The Hall–Kier alpha value is -2.15. The summed E-state index contributed by atoms with van der Waals surface area (Å²) in [4.78, 5) is 12.4. The van der Waals surface area contributed by atoms with Crippen LogP contribution in [0, 0.1) is 0 Å². The average molecular weight is 320 g/mol. The molecule has 0 atom stereocenters. The molecule has 0 heterocycles. The fraction of sp³-hybridized carbons (Fsp3) is 0.348. The summed E-state index contributed by atoms with van der Waals surface area (Å²) in [6, 6.07) is 17.6. The fourth-order valence-electron chi connectivity index (χ4n) is 2.90. The highest BCUT2D eigenvalue weighted by Gasteiger charge is 2.07. The Balaban J connectivity index is 1.70. The third-order valence-corrected chi connectivity index (χ3v) is 4.38. The Morgan fingerprint density at radius 2 is 1.33 bits per heavy atom. The molecule has 0 aliphatic rings. The molecule has 0 radical (unpaired) electrons. The van der Waals surface area contributed by atoms with E-state index in [1.807, 2.05) is 48.5 Å². The normalized spacial score (nSPS) is 10.5. The number of allylic oxidation sites excluding steroid dienone is 1. The van der Waals surface area contributed by atoms with Crippen molar-refractivity contribution in [1.29, 1.82) is 0 Å². The first-order valence-corrected chi connectivity index (χ1v) is 9.11. The summed E-state index contributed by atoms with van der Waals surface area (Å²) in [6.07, 6.45) is 12.0. The van der Waals surface area contributed by atoms with Gasteiger partial charge in [0.1, 0.15) is 0 Å². The van der Waals surface area contributed by atoms with E-state index in [1.165, 1.54) is 44.1 Å². The molecule has 0 bridgehead atoms. The maximum atomic E-state index is 12.4. The summed E-state index contributed by atoms with van der Waals surface area (Å²) < 4.78 is 0. The molecule has 0 saturated heterocycles. The molecule has 0 amide bonds. The lowest BCUT2D eigenvalue weighted by atomic mass is 10.00. The summed E-state index contributed by atoms with van der Waals surface area (Å²) in [7, 11) is 0. The van der Waals surface area contributed by atoms with Gasteiger partial charge in [0.2, 0.25) is 0 Å². The van der Waals surface area contributed by atoms with Crippen molar-refractivity contribution in [2.45, 2.75) is 51.4 Å². The van der Waals surface area contributed by atoms with Crippen LogP contribution in [0.25, 0.3) is 0 Å². The van der Waals surface area contributed by atoms with Crippen LogP contribution in [0.3, 0.4) is 0 Å². The van der Waals surface area contributed by atoms with E-state index in [1.54, 1.807) is 0 Å². The van der Waals surface area contributed by atoms with Gasteiger partial charge in [-0.2, -0.15) is 0 Å². The van der Waals surface area contributed by atoms with Crippen molar-refractivity contribution in [2.75, 3.05) is 0 Å². The molecule has 24 heavy (non-hydrogen) atoms. The van der Waals surface area contributed by atoms with E-state index in [4.69, 9.17) is 0 Å². The molecule has 0 unspecified atom stereocenters. The van der Waals surface area contributed by atoms with E-state index in [0.717, 1.165) is 24.0 Å². The predicted octanol–water partition coefficient (Wildman–Crippen LogP) is 6.38. The van der Waals surface area contributed by atoms with Gasteiger partial charge < -0.3 is 0 Å². The molecule has 0 spiro atoms. The second kappa shape index (κ2) is 10.6. The van der Waals surface area contributed by atoms with Gasteiger partial charge in [0.25, 0.3) is 0 Å². The molecule has 0 saturated carbocycles. The average Bonchev–Trinajstić information content (AvgIpc) is 2.64. The lowest BCUT2D eigenvalue weighted by Crippen LogP contribution is -2.00. The molecule has 0 aromatic heterocycles. The molecule has 126 valence electrons. The molecule has 0 fully saturated rings. The van der Waals surface area contributed by atoms with Crippen LogP contribution in [-0.2, 0) is 6.42 Å². The van der Waals surface area contributed by atoms with Crippen LogP contribution in [0.5, 0.6) is 0 Å². The molecule has 2 aromatic carbocycles. The minimum Gasteiger partial charge on any atom is -0.289 e. The molecular formula is C23H28O. The lowest BCUT2D eigenvalue weighted by molar-refractivity contribution is 0.103. The van der Waals surface area contributed by atoms with E-state index in [-0.39, 0.29) is 5.78 Å². The Morgan fingerprint density at radius 3 is 2.00 bits per heavy atom. The van der Waals surface area contributed by atoms with Crippen molar-refractivity contribution < 1.29 is 4.79 Å². The third-order valence-electron chi connectivity index (χ3n) is 4.38. The summed E-state index contributed by atoms with van der Waals surface area (Å²) in [5.74, 6) is 0.0988. The fourth-order valence-corrected chi connectivity index (χ4v) is 2.90. The van der Waals surface area contributed by atoms with E-state index >= 15 is 0 Å². The quantitative estimate of drug-likeness (QED) is 0.267. The van der Waals surface area contributed by atoms with Crippen LogP contribution < -0.4 is 0 Å². The SMILES string of the molecule is C=CCCCCCCCCc1ccc(C(=O)c2ccccc2)cc1. The Bertz CT molecular complexity index is 610. The number of hydrogen-bond acceptors (Lipinski definition) is 1. The van der Waals surface area contributed by atoms with Crippen LogP contribution in [-0.4, -0.2) is 5.78 Å². The molecular weight excluding hydrogens is 292 g/mol. The number of carbonyl (C=O) groups is 1. The van der Waals surface area contributed by atoms with Gasteiger partial charge in [-0.15, -0.1) is 6.58 Å². The van der Waals surface area contributed by atoms with Crippen molar-refractivity contribution in [3.05, 3.63) is 83.9 Å². The standard InChI is InChI=1S/C23H28O/c1-2-3-4-5-6-7-8-10-13-20-16-18-22(19-17-20)23(24)21-14-11-9-12-15-21/h2,9,11-12,14-19H,1,3-8,10,13H2. The Kier molecular flexibility index (Phi) is 8.03. The maximum Gasteiger partial charge on any atom is 0.193 e. The molecule has 1 nitrogen and oxygen atoms in total. The number of unbranched alkanes of at least 4 members (excludes halogenated alkanes) is 6. The second-order valence-electron chi connectivity index (χ2n) is 6.34. The highest BCUT2D eigenvalue weighted by Crippen LogP contribution is 2.14. The predicted molar refractivity (Wildman–Crippen MR) is 103 cm³/mol. The van der Waals surface area contributed by atoms with Crippen molar-refractivity contribution in [3.8, 4) is 0 Å². The van der Waals surface area contributed by atoms with Crippen LogP contribution >= 0.6 is 0 Å². The van der Waals surface area contributed by atoms with Gasteiger partial charge in [-0.3, -0.25) is 4.79 Å². The first kappa shape index (κ1) is 18.2. The van der Waals surface area contributed by atoms with E-state index in [2.05, 4.69) is 18.7 Å². The topological polar surface area (TPSA) is 17.1 Å². The van der Waals surface area contributed by atoms with Crippen LogP contribution in [0.1, 0.15) is 66.4 Å². The van der Waals surface area contributed by atoms with Crippen LogP contribution in [0.4, 0.5) is 0 Å². The number of ketones is 1. The van der Waals surface area contributed by atoms with Gasteiger partial charge in [0.05, 0.1) is 0 Å². The van der Waals surface area contributed by atoms with Gasteiger partial charge in [-0.1, -0.05) is 86.4 Å².